The van der Waals surface area contributed by atoms with Crippen molar-refractivity contribution in [3.8, 4) is 5.75 Å². The van der Waals surface area contributed by atoms with E-state index in [1.54, 1.807) is 18.2 Å². The van der Waals surface area contributed by atoms with Gasteiger partial charge < -0.3 is 10.1 Å². The van der Waals surface area contributed by atoms with Crippen LogP contribution < -0.4 is 10.1 Å². The Morgan fingerprint density at radius 1 is 1.30 bits per heavy atom. The number of halogens is 1. The first-order chi connectivity index (χ1) is 11.1. The fraction of sp³-hybridized carbons (Fsp3) is 0.211. The van der Waals surface area contributed by atoms with Crippen LogP contribution in [0.2, 0.25) is 0 Å². The molecule has 1 aliphatic heterocycles. The van der Waals surface area contributed by atoms with Crippen molar-refractivity contribution in [1.82, 2.24) is 5.32 Å². The Morgan fingerprint density at radius 3 is 2.96 bits per heavy atom. The highest BCUT2D eigenvalue weighted by molar-refractivity contribution is 5.92. The van der Waals surface area contributed by atoms with Gasteiger partial charge in [-0.05, 0) is 36.3 Å². The van der Waals surface area contributed by atoms with E-state index in [9.17, 15) is 9.18 Å². The van der Waals surface area contributed by atoms with Crippen LogP contribution in [0.1, 0.15) is 29.7 Å². The van der Waals surface area contributed by atoms with Crippen molar-refractivity contribution < 1.29 is 13.9 Å². The molecule has 0 radical (unpaired) electrons. The number of ether oxygens (including phenoxy) is 1. The molecule has 3 rings (SSSR count). The number of rotatable bonds is 4. The van der Waals surface area contributed by atoms with E-state index < -0.39 is 0 Å². The third kappa shape index (κ3) is 3.59. The molecule has 0 saturated carbocycles. The van der Waals surface area contributed by atoms with Crippen LogP contribution in [-0.2, 0) is 11.2 Å². The van der Waals surface area contributed by atoms with Crippen LogP contribution in [0.4, 0.5) is 4.39 Å². The fourth-order valence-corrected chi connectivity index (χ4v) is 2.57. The van der Waals surface area contributed by atoms with Gasteiger partial charge in [-0.1, -0.05) is 30.3 Å². The van der Waals surface area contributed by atoms with Gasteiger partial charge in [0, 0.05) is 18.1 Å². The van der Waals surface area contributed by atoms with E-state index in [0.29, 0.717) is 12.2 Å². The molecule has 1 aliphatic rings. The van der Waals surface area contributed by atoms with Gasteiger partial charge >= 0.3 is 0 Å². The van der Waals surface area contributed by atoms with Crippen LogP contribution in [0.15, 0.2) is 48.5 Å². The Morgan fingerprint density at radius 2 is 2.13 bits per heavy atom. The van der Waals surface area contributed by atoms with E-state index >= 15 is 0 Å². The molecule has 0 aliphatic carbocycles. The molecule has 1 N–H and O–H groups in total. The third-order valence-electron chi connectivity index (χ3n) is 3.90. The minimum atomic E-state index is -0.347. The zero-order chi connectivity index (χ0) is 16.2. The molecule has 2 aromatic rings. The van der Waals surface area contributed by atoms with E-state index in [-0.39, 0.29) is 17.8 Å². The monoisotopic (exact) mass is 311 g/mol. The number of carbonyl (C=O) groups excluding carboxylic acids is 1. The van der Waals surface area contributed by atoms with Crippen molar-refractivity contribution in [1.29, 1.82) is 0 Å². The van der Waals surface area contributed by atoms with Crippen LogP contribution in [0, 0.1) is 5.82 Å². The molecule has 0 bridgehead atoms. The Hall–Kier alpha value is -2.62. The summed E-state index contributed by atoms with van der Waals surface area (Å²) in [7, 11) is 0. The largest absolute Gasteiger partial charge is 0.493 e. The first-order valence-corrected chi connectivity index (χ1v) is 7.62. The maximum atomic E-state index is 13.5. The number of carbonyl (C=O) groups is 1. The third-order valence-corrected chi connectivity index (χ3v) is 3.90. The molecule has 0 fully saturated rings. The maximum Gasteiger partial charge on any atom is 0.244 e. The SMILES string of the molecule is CC(NC(=O)/C=C/c1ccccc1F)c1ccc2c(c1)OCC2. The molecule has 118 valence electrons. The van der Waals surface area contributed by atoms with E-state index in [1.807, 2.05) is 25.1 Å². The molecule has 2 aromatic carbocycles. The Bertz CT molecular complexity index is 755. The summed E-state index contributed by atoms with van der Waals surface area (Å²) in [5, 5.41) is 2.87. The van der Waals surface area contributed by atoms with Gasteiger partial charge in [0.25, 0.3) is 0 Å². The summed E-state index contributed by atoms with van der Waals surface area (Å²) in [5.41, 5.74) is 2.58. The predicted octanol–water partition coefficient (Wildman–Crippen LogP) is 3.65. The smallest absolute Gasteiger partial charge is 0.244 e. The average molecular weight is 311 g/mol. The molecule has 1 unspecified atom stereocenters. The number of nitrogens with one attached hydrogen (secondary N) is 1. The Labute approximate surface area is 134 Å². The standard InChI is InChI=1S/C19H18FNO2/c1-13(16-7-6-15-10-11-23-18(15)12-16)21-19(22)9-8-14-4-2-3-5-17(14)20/h2-9,12-13H,10-11H2,1H3,(H,21,22)/b9-8+. The van der Waals surface area contributed by atoms with E-state index in [4.69, 9.17) is 4.74 Å². The van der Waals surface area contributed by atoms with Crippen LogP contribution >= 0.6 is 0 Å². The van der Waals surface area contributed by atoms with Crippen LogP contribution in [-0.4, -0.2) is 12.5 Å². The molecule has 0 saturated heterocycles. The van der Waals surface area contributed by atoms with Crippen molar-refractivity contribution >= 4 is 12.0 Å². The molecule has 1 heterocycles. The normalized spacial score (nSPS) is 14.3. The zero-order valence-corrected chi connectivity index (χ0v) is 12.9. The summed E-state index contributed by atoms with van der Waals surface area (Å²) in [6.45, 7) is 2.62. The number of benzene rings is 2. The van der Waals surface area contributed by atoms with Gasteiger partial charge in [-0.15, -0.1) is 0 Å². The average Bonchev–Trinajstić information content (AvgIpc) is 3.01. The fourth-order valence-electron chi connectivity index (χ4n) is 2.57. The van der Waals surface area contributed by atoms with E-state index in [1.165, 1.54) is 23.8 Å². The lowest BCUT2D eigenvalue weighted by molar-refractivity contribution is -0.117. The van der Waals surface area contributed by atoms with Crippen LogP contribution in [0.3, 0.4) is 0 Å². The van der Waals surface area contributed by atoms with Gasteiger partial charge in [-0.2, -0.15) is 0 Å². The topological polar surface area (TPSA) is 38.3 Å². The highest BCUT2D eigenvalue weighted by Crippen LogP contribution is 2.28. The van der Waals surface area contributed by atoms with Crippen molar-refractivity contribution in [2.24, 2.45) is 0 Å². The predicted molar refractivity (Wildman–Crippen MR) is 87.6 cm³/mol. The van der Waals surface area contributed by atoms with Crippen molar-refractivity contribution in [3.63, 3.8) is 0 Å². The first kappa shape index (κ1) is 15.3. The summed E-state index contributed by atoms with van der Waals surface area (Å²) in [6, 6.07) is 12.2. The second-order valence-corrected chi connectivity index (χ2v) is 5.55. The van der Waals surface area contributed by atoms with Crippen molar-refractivity contribution in [3.05, 3.63) is 71.0 Å². The van der Waals surface area contributed by atoms with Crippen LogP contribution in [0.5, 0.6) is 5.75 Å². The lowest BCUT2D eigenvalue weighted by atomic mass is 10.0. The molecule has 1 atom stereocenters. The van der Waals surface area contributed by atoms with Gasteiger partial charge in [0.05, 0.1) is 12.6 Å². The lowest BCUT2D eigenvalue weighted by Crippen LogP contribution is -2.24. The lowest BCUT2D eigenvalue weighted by Gasteiger charge is -2.14. The van der Waals surface area contributed by atoms with Crippen LogP contribution in [0.25, 0.3) is 6.08 Å². The summed E-state index contributed by atoms with van der Waals surface area (Å²) < 4.78 is 19.0. The summed E-state index contributed by atoms with van der Waals surface area (Å²) in [5.74, 6) is 0.285. The van der Waals surface area contributed by atoms with E-state index in [2.05, 4.69) is 5.32 Å². The minimum Gasteiger partial charge on any atom is -0.493 e. The minimum absolute atomic E-state index is 0.151. The zero-order valence-electron chi connectivity index (χ0n) is 12.9. The highest BCUT2D eigenvalue weighted by Gasteiger charge is 2.15. The van der Waals surface area contributed by atoms with Gasteiger partial charge in [0.15, 0.2) is 0 Å². The number of fused-ring (bicyclic) bond motifs is 1. The molecular formula is C19H18FNO2. The summed E-state index contributed by atoms with van der Waals surface area (Å²) in [4.78, 5) is 12.0. The quantitative estimate of drug-likeness (QED) is 0.875. The Kier molecular flexibility index (Phi) is 4.42. The number of hydrogen-bond donors (Lipinski definition) is 1. The highest BCUT2D eigenvalue weighted by atomic mass is 19.1. The summed E-state index contributed by atoms with van der Waals surface area (Å²) >= 11 is 0. The molecule has 3 nitrogen and oxygen atoms in total. The molecule has 0 spiro atoms. The first-order valence-electron chi connectivity index (χ1n) is 7.62. The number of amides is 1. The van der Waals surface area contributed by atoms with Gasteiger partial charge in [0.2, 0.25) is 5.91 Å². The molecular weight excluding hydrogens is 293 g/mol. The van der Waals surface area contributed by atoms with Crippen molar-refractivity contribution in [2.45, 2.75) is 19.4 Å². The molecule has 1 amide bonds. The molecule has 4 heteroatoms. The van der Waals surface area contributed by atoms with Gasteiger partial charge in [-0.3, -0.25) is 4.79 Å². The van der Waals surface area contributed by atoms with Crippen molar-refractivity contribution in [2.75, 3.05) is 6.61 Å². The summed E-state index contributed by atoms with van der Waals surface area (Å²) in [6.07, 6.45) is 3.75. The number of hydrogen-bond acceptors (Lipinski definition) is 2. The van der Waals surface area contributed by atoms with Gasteiger partial charge in [0.1, 0.15) is 11.6 Å². The second kappa shape index (κ2) is 6.65. The second-order valence-electron chi connectivity index (χ2n) is 5.55. The molecule has 0 aromatic heterocycles. The Balaban J connectivity index is 1.64. The van der Waals surface area contributed by atoms with E-state index in [0.717, 1.165) is 17.7 Å². The van der Waals surface area contributed by atoms with Gasteiger partial charge in [-0.25, -0.2) is 4.39 Å². The molecule has 23 heavy (non-hydrogen) atoms. The maximum absolute atomic E-state index is 13.5.